The van der Waals surface area contributed by atoms with Crippen LogP contribution in [0, 0.1) is 5.92 Å². The number of amides is 3. The molecule has 1 aliphatic heterocycles. The molecule has 0 radical (unpaired) electrons. The molecule has 1 aromatic heterocycles. The van der Waals surface area contributed by atoms with Crippen LogP contribution >= 0.6 is 0 Å². The topological polar surface area (TPSA) is 71.5 Å². The Balaban J connectivity index is 1.51. The second kappa shape index (κ2) is 9.32. The van der Waals surface area contributed by atoms with Crippen molar-refractivity contribution in [2.75, 3.05) is 6.54 Å². The first-order chi connectivity index (χ1) is 16.8. The standard InChI is InChI=1S/C24H19F6N3O3/c1-13-12-33(21(34)32-11-16-10-31-9-14-4-2-3-5-19(14)16)22(35)36-20(13)15-6-17(23(25,26)27)8-18(7-15)24(28,29)30/h2-10,13,20H,11-12H2,1H3,(H,32,34)/t13-,20+/m1/s1. The van der Waals surface area contributed by atoms with E-state index in [4.69, 9.17) is 4.74 Å². The van der Waals surface area contributed by atoms with Gasteiger partial charge in [0.05, 0.1) is 11.1 Å². The number of hydrogen-bond donors (Lipinski definition) is 1. The van der Waals surface area contributed by atoms with Gasteiger partial charge in [0, 0.05) is 36.8 Å². The number of carbonyl (C=O) groups is 2. The number of urea groups is 1. The first-order valence-electron chi connectivity index (χ1n) is 10.7. The van der Waals surface area contributed by atoms with Crippen molar-refractivity contribution in [3.8, 4) is 0 Å². The van der Waals surface area contributed by atoms with Crippen LogP contribution in [0.2, 0.25) is 0 Å². The zero-order valence-electron chi connectivity index (χ0n) is 18.7. The van der Waals surface area contributed by atoms with Gasteiger partial charge in [-0.1, -0.05) is 31.2 Å². The molecule has 1 aliphatic rings. The van der Waals surface area contributed by atoms with Crippen molar-refractivity contribution in [3.63, 3.8) is 0 Å². The highest BCUT2D eigenvalue weighted by Gasteiger charge is 2.41. The first-order valence-corrected chi connectivity index (χ1v) is 10.7. The van der Waals surface area contributed by atoms with E-state index in [9.17, 15) is 35.9 Å². The summed E-state index contributed by atoms with van der Waals surface area (Å²) in [5.41, 5.74) is -2.81. The molecule has 6 nitrogen and oxygen atoms in total. The van der Waals surface area contributed by atoms with E-state index in [0.717, 1.165) is 15.7 Å². The second-order valence-electron chi connectivity index (χ2n) is 8.41. The molecule has 2 atom stereocenters. The number of cyclic esters (lactones) is 1. The zero-order valence-corrected chi connectivity index (χ0v) is 18.7. The van der Waals surface area contributed by atoms with Gasteiger partial charge in [-0.3, -0.25) is 4.98 Å². The summed E-state index contributed by atoms with van der Waals surface area (Å²) in [6.45, 7) is 1.21. The van der Waals surface area contributed by atoms with E-state index in [1.54, 1.807) is 12.4 Å². The van der Waals surface area contributed by atoms with Gasteiger partial charge >= 0.3 is 24.5 Å². The molecular weight excluding hydrogens is 492 g/mol. The number of ether oxygens (including phenoxy) is 1. The van der Waals surface area contributed by atoms with Crippen LogP contribution in [0.3, 0.4) is 0 Å². The average Bonchev–Trinajstić information content (AvgIpc) is 2.82. The molecule has 1 saturated heterocycles. The third kappa shape index (κ3) is 5.21. The summed E-state index contributed by atoms with van der Waals surface area (Å²) in [6.07, 6.45) is -9.46. The first kappa shape index (κ1) is 25.3. The number of hydrogen-bond acceptors (Lipinski definition) is 4. The quantitative estimate of drug-likeness (QED) is 0.419. The Morgan fingerprint density at radius 3 is 2.33 bits per heavy atom. The van der Waals surface area contributed by atoms with E-state index in [1.807, 2.05) is 24.3 Å². The molecule has 36 heavy (non-hydrogen) atoms. The molecule has 1 N–H and O–H groups in total. The summed E-state index contributed by atoms with van der Waals surface area (Å²) in [7, 11) is 0. The Labute approximate surface area is 200 Å². The van der Waals surface area contributed by atoms with Crippen LogP contribution in [0.5, 0.6) is 0 Å². The highest BCUT2D eigenvalue weighted by molar-refractivity contribution is 5.92. The summed E-state index contributed by atoms with van der Waals surface area (Å²) >= 11 is 0. The molecule has 1 fully saturated rings. The van der Waals surface area contributed by atoms with Crippen molar-refractivity contribution in [2.24, 2.45) is 5.92 Å². The van der Waals surface area contributed by atoms with Gasteiger partial charge < -0.3 is 10.1 Å². The molecule has 3 aromatic rings. The van der Waals surface area contributed by atoms with Gasteiger partial charge in [0.2, 0.25) is 0 Å². The molecule has 190 valence electrons. The van der Waals surface area contributed by atoms with E-state index in [1.165, 1.54) is 6.92 Å². The Kier molecular flexibility index (Phi) is 6.54. The molecule has 2 heterocycles. The molecular formula is C24H19F6N3O3. The monoisotopic (exact) mass is 511 g/mol. The number of halogens is 6. The maximum Gasteiger partial charge on any atom is 0.418 e. The summed E-state index contributed by atoms with van der Waals surface area (Å²) in [6, 6.07) is 7.55. The van der Waals surface area contributed by atoms with Crippen molar-refractivity contribution in [1.29, 1.82) is 0 Å². The second-order valence-corrected chi connectivity index (χ2v) is 8.41. The molecule has 0 aliphatic carbocycles. The number of rotatable bonds is 3. The summed E-state index contributed by atoms with van der Waals surface area (Å²) in [4.78, 5) is 30.0. The summed E-state index contributed by atoms with van der Waals surface area (Å²) < 4.78 is 84.5. The van der Waals surface area contributed by atoms with Crippen LogP contribution in [-0.2, 0) is 23.6 Å². The third-order valence-corrected chi connectivity index (χ3v) is 5.80. The van der Waals surface area contributed by atoms with Crippen LogP contribution in [-0.4, -0.2) is 28.6 Å². The van der Waals surface area contributed by atoms with Crippen LogP contribution in [0.15, 0.2) is 54.9 Å². The van der Waals surface area contributed by atoms with Crippen LogP contribution in [0.4, 0.5) is 35.9 Å². The van der Waals surface area contributed by atoms with E-state index < -0.39 is 53.2 Å². The van der Waals surface area contributed by atoms with E-state index >= 15 is 0 Å². The predicted molar refractivity (Wildman–Crippen MR) is 116 cm³/mol. The van der Waals surface area contributed by atoms with Gasteiger partial charge in [0.15, 0.2) is 0 Å². The van der Waals surface area contributed by atoms with Gasteiger partial charge in [-0.05, 0) is 34.7 Å². The number of fused-ring (bicyclic) bond motifs is 1. The smallest absolute Gasteiger partial charge is 0.418 e. The Bertz CT molecular complexity index is 1270. The van der Waals surface area contributed by atoms with Crippen LogP contribution in [0.1, 0.15) is 35.3 Å². The fraction of sp³-hybridized carbons (Fsp3) is 0.292. The fourth-order valence-corrected chi connectivity index (χ4v) is 4.04. The lowest BCUT2D eigenvalue weighted by Crippen LogP contribution is -2.50. The molecule has 12 heteroatoms. The minimum absolute atomic E-state index is 0.000700. The molecule has 4 rings (SSSR count). The van der Waals surface area contributed by atoms with Crippen molar-refractivity contribution in [1.82, 2.24) is 15.2 Å². The largest absolute Gasteiger partial charge is 0.441 e. The van der Waals surface area contributed by atoms with Gasteiger partial charge in [0.1, 0.15) is 6.10 Å². The van der Waals surface area contributed by atoms with Crippen molar-refractivity contribution < 1.29 is 40.7 Å². The number of nitrogens with zero attached hydrogens (tertiary/aromatic N) is 2. The Morgan fingerprint density at radius 2 is 1.69 bits per heavy atom. The highest BCUT2D eigenvalue weighted by Crippen LogP contribution is 2.40. The average molecular weight is 511 g/mol. The fourth-order valence-electron chi connectivity index (χ4n) is 4.04. The number of pyridine rings is 1. The molecule has 0 bridgehead atoms. The predicted octanol–water partition coefficient (Wildman–Crippen LogP) is 6.31. The van der Waals surface area contributed by atoms with Gasteiger partial charge in [-0.15, -0.1) is 0 Å². The summed E-state index contributed by atoms with van der Waals surface area (Å²) in [5.74, 6) is -0.794. The van der Waals surface area contributed by atoms with Gasteiger partial charge in [0.25, 0.3) is 0 Å². The Hall–Kier alpha value is -3.83. The van der Waals surface area contributed by atoms with Gasteiger partial charge in [-0.2, -0.15) is 26.3 Å². The highest BCUT2D eigenvalue weighted by atomic mass is 19.4. The summed E-state index contributed by atoms with van der Waals surface area (Å²) in [5, 5.41) is 4.26. The maximum atomic E-state index is 13.2. The number of carbonyl (C=O) groups excluding carboxylic acids is 2. The maximum absolute atomic E-state index is 13.2. The number of nitrogens with one attached hydrogen (secondary N) is 1. The van der Waals surface area contributed by atoms with Gasteiger partial charge in [-0.25, -0.2) is 14.5 Å². The lowest BCUT2D eigenvalue weighted by Gasteiger charge is -2.35. The minimum Gasteiger partial charge on any atom is -0.441 e. The van der Waals surface area contributed by atoms with Crippen molar-refractivity contribution in [3.05, 3.63) is 77.1 Å². The molecule has 2 aromatic carbocycles. The van der Waals surface area contributed by atoms with Crippen molar-refractivity contribution in [2.45, 2.75) is 31.9 Å². The Morgan fingerprint density at radius 1 is 1.06 bits per heavy atom. The van der Waals surface area contributed by atoms with E-state index in [0.29, 0.717) is 17.7 Å². The molecule has 3 amide bonds. The molecule has 0 saturated carbocycles. The number of alkyl halides is 6. The lowest BCUT2D eigenvalue weighted by atomic mass is 9.92. The molecule has 0 spiro atoms. The number of imide groups is 1. The number of aromatic nitrogens is 1. The lowest BCUT2D eigenvalue weighted by molar-refractivity contribution is -0.143. The zero-order chi connectivity index (χ0) is 26.3. The van der Waals surface area contributed by atoms with Crippen LogP contribution < -0.4 is 5.32 Å². The van der Waals surface area contributed by atoms with Crippen LogP contribution in [0.25, 0.3) is 10.8 Å². The third-order valence-electron chi connectivity index (χ3n) is 5.80. The normalized spacial score (nSPS) is 18.8. The van der Waals surface area contributed by atoms with E-state index in [-0.39, 0.29) is 19.2 Å². The number of benzene rings is 2. The van der Waals surface area contributed by atoms with E-state index in [2.05, 4.69) is 10.3 Å². The SMILES string of the molecule is C[C@@H]1CN(C(=O)NCc2cncc3ccccc23)C(=O)O[C@@H]1c1cc(C(F)(F)F)cc(C(F)(F)F)c1. The van der Waals surface area contributed by atoms with Crippen molar-refractivity contribution >= 4 is 22.9 Å². The molecule has 0 unspecified atom stereocenters. The minimum atomic E-state index is -5.04.